The molecule has 1 saturated heterocycles. The van der Waals surface area contributed by atoms with Crippen molar-refractivity contribution < 1.29 is 0 Å². The number of nitrogens with zero attached hydrogens (tertiary/aromatic N) is 1. The fourth-order valence-corrected chi connectivity index (χ4v) is 3.96. The highest BCUT2D eigenvalue weighted by molar-refractivity contribution is 7.10. The SMILES string of the molecule is CCCCC[C@@H](c1sccc1Cl)N1CCNCC1.Cl.Cl. The summed E-state index contributed by atoms with van der Waals surface area (Å²) in [5, 5.41) is 6.50. The van der Waals surface area contributed by atoms with Gasteiger partial charge < -0.3 is 5.32 Å². The van der Waals surface area contributed by atoms with Crippen LogP contribution in [0, 0.1) is 0 Å². The van der Waals surface area contributed by atoms with Gasteiger partial charge in [-0.05, 0) is 17.9 Å². The molecule has 1 aliphatic heterocycles. The van der Waals surface area contributed by atoms with Crippen LogP contribution in [-0.4, -0.2) is 31.1 Å². The molecule has 1 atom stereocenters. The van der Waals surface area contributed by atoms with E-state index in [9.17, 15) is 0 Å². The van der Waals surface area contributed by atoms with E-state index < -0.39 is 0 Å². The highest BCUT2D eigenvalue weighted by Gasteiger charge is 2.24. The number of hydrogen-bond acceptors (Lipinski definition) is 3. The van der Waals surface area contributed by atoms with Gasteiger partial charge >= 0.3 is 0 Å². The van der Waals surface area contributed by atoms with Crippen molar-refractivity contribution in [3.05, 3.63) is 21.3 Å². The molecule has 20 heavy (non-hydrogen) atoms. The van der Waals surface area contributed by atoms with E-state index in [4.69, 9.17) is 11.6 Å². The lowest BCUT2D eigenvalue weighted by molar-refractivity contribution is 0.165. The van der Waals surface area contributed by atoms with Crippen molar-refractivity contribution in [3.8, 4) is 0 Å². The summed E-state index contributed by atoms with van der Waals surface area (Å²) >= 11 is 8.15. The molecule has 0 radical (unpaired) electrons. The van der Waals surface area contributed by atoms with E-state index in [1.165, 1.54) is 30.6 Å². The van der Waals surface area contributed by atoms with Crippen LogP contribution < -0.4 is 5.32 Å². The first kappa shape index (κ1) is 20.5. The molecule has 6 heteroatoms. The second-order valence-corrected chi connectivity index (χ2v) is 6.29. The molecule has 0 unspecified atom stereocenters. The van der Waals surface area contributed by atoms with Gasteiger partial charge in [0.25, 0.3) is 0 Å². The smallest absolute Gasteiger partial charge is 0.0561 e. The summed E-state index contributed by atoms with van der Waals surface area (Å²) in [7, 11) is 0. The Morgan fingerprint density at radius 2 is 2.00 bits per heavy atom. The molecule has 0 spiro atoms. The van der Waals surface area contributed by atoms with Crippen LogP contribution in [0.5, 0.6) is 0 Å². The lowest BCUT2D eigenvalue weighted by Gasteiger charge is -2.34. The van der Waals surface area contributed by atoms with E-state index in [1.807, 2.05) is 17.4 Å². The summed E-state index contributed by atoms with van der Waals surface area (Å²) in [5.74, 6) is 0. The topological polar surface area (TPSA) is 15.3 Å². The van der Waals surface area contributed by atoms with Crippen molar-refractivity contribution in [2.75, 3.05) is 26.2 Å². The second kappa shape index (κ2) is 11.1. The summed E-state index contributed by atoms with van der Waals surface area (Å²) in [4.78, 5) is 3.97. The summed E-state index contributed by atoms with van der Waals surface area (Å²) in [6.07, 6.45) is 5.16. The predicted molar refractivity (Wildman–Crippen MR) is 95.2 cm³/mol. The highest BCUT2D eigenvalue weighted by atomic mass is 35.5. The molecule has 1 aliphatic rings. The highest BCUT2D eigenvalue weighted by Crippen LogP contribution is 2.35. The van der Waals surface area contributed by atoms with Crippen molar-refractivity contribution in [2.45, 2.75) is 38.6 Å². The van der Waals surface area contributed by atoms with Crippen molar-refractivity contribution in [3.63, 3.8) is 0 Å². The second-order valence-electron chi connectivity index (χ2n) is 4.93. The number of halogens is 3. The van der Waals surface area contributed by atoms with Gasteiger partial charge in [0, 0.05) is 37.1 Å². The number of thiophene rings is 1. The van der Waals surface area contributed by atoms with E-state index in [-0.39, 0.29) is 24.8 Å². The first-order valence-electron chi connectivity index (χ1n) is 7.00. The Kier molecular flexibility index (Phi) is 11.4. The van der Waals surface area contributed by atoms with Crippen LogP contribution in [0.25, 0.3) is 0 Å². The summed E-state index contributed by atoms with van der Waals surface area (Å²) < 4.78 is 0. The third kappa shape index (κ3) is 5.70. The van der Waals surface area contributed by atoms with Gasteiger partial charge in [-0.1, -0.05) is 37.8 Å². The molecule has 0 saturated carbocycles. The first-order chi connectivity index (χ1) is 8.83. The van der Waals surface area contributed by atoms with Gasteiger partial charge in [0.1, 0.15) is 0 Å². The van der Waals surface area contributed by atoms with Gasteiger partial charge in [-0.3, -0.25) is 4.90 Å². The van der Waals surface area contributed by atoms with E-state index in [0.29, 0.717) is 6.04 Å². The van der Waals surface area contributed by atoms with Gasteiger partial charge in [0.2, 0.25) is 0 Å². The van der Waals surface area contributed by atoms with Crippen LogP contribution in [0.15, 0.2) is 11.4 Å². The quantitative estimate of drug-likeness (QED) is 0.736. The molecule has 1 N–H and O–H groups in total. The standard InChI is InChI=1S/C14H23ClN2S.2ClH/c1-2-3-4-5-13(14-12(15)6-11-18-14)17-9-7-16-8-10-17;;/h6,11,13,16H,2-5,7-10H2,1H3;2*1H/t13-;;/m0../s1. The third-order valence-corrected chi connectivity index (χ3v) is 5.08. The number of nitrogens with one attached hydrogen (secondary N) is 1. The normalized spacial score (nSPS) is 17.1. The molecule has 0 bridgehead atoms. The maximum atomic E-state index is 6.33. The molecule has 1 aromatic heterocycles. The lowest BCUT2D eigenvalue weighted by atomic mass is 10.0. The van der Waals surface area contributed by atoms with Crippen LogP contribution in [-0.2, 0) is 0 Å². The van der Waals surface area contributed by atoms with Crippen LogP contribution in [0.2, 0.25) is 5.02 Å². The van der Waals surface area contributed by atoms with Crippen molar-refractivity contribution >= 4 is 47.8 Å². The minimum atomic E-state index is 0. The summed E-state index contributed by atoms with van der Waals surface area (Å²) in [5.41, 5.74) is 0. The van der Waals surface area contributed by atoms with E-state index in [1.54, 1.807) is 0 Å². The minimum absolute atomic E-state index is 0. The Bertz CT molecular complexity index is 354. The van der Waals surface area contributed by atoms with Gasteiger partial charge in [-0.2, -0.15) is 0 Å². The zero-order valence-corrected chi connectivity index (χ0v) is 15.1. The molecule has 0 amide bonds. The average Bonchev–Trinajstić information content (AvgIpc) is 2.82. The van der Waals surface area contributed by atoms with E-state index >= 15 is 0 Å². The maximum absolute atomic E-state index is 6.33. The Hall–Kier alpha value is 0.490. The molecule has 0 aromatic carbocycles. The molecule has 0 aliphatic carbocycles. The number of rotatable bonds is 6. The van der Waals surface area contributed by atoms with Crippen molar-refractivity contribution in [2.24, 2.45) is 0 Å². The fourth-order valence-electron chi connectivity index (χ4n) is 2.60. The molecular weight excluding hydrogens is 335 g/mol. The van der Waals surface area contributed by atoms with E-state index in [2.05, 4.69) is 22.5 Å². The molecular formula is C14H25Cl3N2S. The van der Waals surface area contributed by atoms with Crippen LogP contribution in [0.4, 0.5) is 0 Å². The predicted octanol–water partition coefficient (Wildman–Crippen LogP) is 4.77. The minimum Gasteiger partial charge on any atom is -0.314 e. The summed E-state index contributed by atoms with van der Waals surface area (Å²) in [6.45, 7) is 6.76. The van der Waals surface area contributed by atoms with Gasteiger partial charge in [-0.25, -0.2) is 0 Å². The number of unbranched alkanes of at least 4 members (excludes halogenated alkanes) is 2. The first-order valence-corrected chi connectivity index (χ1v) is 8.26. The summed E-state index contributed by atoms with van der Waals surface area (Å²) in [6, 6.07) is 2.57. The molecule has 118 valence electrons. The number of hydrogen-bond donors (Lipinski definition) is 1. The monoisotopic (exact) mass is 358 g/mol. The third-order valence-electron chi connectivity index (χ3n) is 3.62. The van der Waals surface area contributed by atoms with Gasteiger partial charge in [-0.15, -0.1) is 36.2 Å². The van der Waals surface area contributed by atoms with E-state index in [0.717, 1.165) is 31.2 Å². The van der Waals surface area contributed by atoms with Gasteiger partial charge in [0.05, 0.1) is 5.02 Å². The van der Waals surface area contributed by atoms with Crippen molar-refractivity contribution in [1.29, 1.82) is 0 Å². The zero-order chi connectivity index (χ0) is 12.8. The Labute approximate surface area is 144 Å². The zero-order valence-electron chi connectivity index (χ0n) is 11.9. The maximum Gasteiger partial charge on any atom is 0.0561 e. The van der Waals surface area contributed by atoms with Crippen LogP contribution >= 0.6 is 47.8 Å². The Morgan fingerprint density at radius 3 is 2.55 bits per heavy atom. The molecule has 2 heterocycles. The molecule has 1 aromatic rings. The average molecular weight is 360 g/mol. The molecule has 1 fully saturated rings. The number of piperazine rings is 1. The lowest BCUT2D eigenvalue weighted by Crippen LogP contribution is -2.45. The molecule has 2 rings (SSSR count). The molecule has 2 nitrogen and oxygen atoms in total. The largest absolute Gasteiger partial charge is 0.314 e. The van der Waals surface area contributed by atoms with Crippen LogP contribution in [0.1, 0.15) is 43.5 Å². The Morgan fingerprint density at radius 1 is 1.30 bits per heavy atom. The van der Waals surface area contributed by atoms with Gasteiger partial charge in [0.15, 0.2) is 0 Å². The van der Waals surface area contributed by atoms with Crippen LogP contribution in [0.3, 0.4) is 0 Å². The fraction of sp³-hybridized carbons (Fsp3) is 0.714. The Balaban J connectivity index is 0.00000180. The van der Waals surface area contributed by atoms with Crippen molar-refractivity contribution in [1.82, 2.24) is 10.2 Å².